The third-order valence-corrected chi connectivity index (χ3v) is 2.67. The highest BCUT2D eigenvalue weighted by atomic mass is 16.4. The maximum atomic E-state index is 10.9. The van der Waals surface area contributed by atoms with Gasteiger partial charge < -0.3 is 5.11 Å². The molecule has 2 rings (SSSR count). The Hall–Kier alpha value is -1.84. The van der Waals surface area contributed by atoms with E-state index in [9.17, 15) is 4.79 Å². The fourth-order valence-electron chi connectivity index (χ4n) is 1.85. The van der Waals surface area contributed by atoms with E-state index in [2.05, 4.69) is 18.9 Å². The summed E-state index contributed by atoms with van der Waals surface area (Å²) >= 11 is 0. The topological polar surface area (TPSA) is 55.1 Å². The average molecular weight is 218 g/mol. The van der Waals surface area contributed by atoms with E-state index in [-0.39, 0.29) is 5.92 Å². The zero-order chi connectivity index (χ0) is 11.9. The maximum Gasteiger partial charge on any atom is 0.335 e. The molecular weight excluding hydrogens is 204 g/mol. The second-order valence-electron chi connectivity index (χ2n) is 4.20. The first-order valence-corrected chi connectivity index (χ1v) is 5.20. The molecule has 0 aliphatic rings. The molecule has 84 valence electrons. The van der Waals surface area contributed by atoms with Crippen LogP contribution >= 0.6 is 0 Å². The summed E-state index contributed by atoms with van der Waals surface area (Å²) in [6, 6.07) is 5.11. The number of aromatic carboxylic acids is 1. The van der Waals surface area contributed by atoms with Gasteiger partial charge in [0.15, 0.2) is 0 Å². The smallest absolute Gasteiger partial charge is 0.335 e. The number of aromatic nitrogens is 2. The van der Waals surface area contributed by atoms with Crippen LogP contribution in [-0.4, -0.2) is 20.9 Å². The molecule has 0 amide bonds. The number of carbonyl (C=O) groups is 1. The molecule has 4 heteroatoms. The van der Waals surface area contributed by atoms with Crippen molar-refractivity contribution in [3.63, 3.8) is 0 Å². The molecule has 0 aliphatic heterocycles. The monoisotopic (exact) mass is 218 g/mol. The number of carboxylic acids is 1. The van der Waals surface area contributed by atoms with Gasteiger partial charge in [0, 0.05) is 12.4 Å². The van der Waals surface area contributed by atoms with Crippen LogP contribution in [0.25, 0.3) is 10.9 Å². The van der Waals surface area contributed by atoms with Crippen LogP contribution in [0.1, 0.15) is 35.8 Å². The van der Waals surface area contributed by atoms with Crippen LogP contribution in [0.3, 0.4) is 0 Å². The molecule has 0 fully saturated rings. The van der Waals surface area contributed by atoms with Crippen molar-refractivity contribution in [2.24, 2.45) is 7.05 Å². The van der Waals surface area contributed by atoms with Gasteiger partial charge >= 0.3 is 5.97 Å². The summed E-state index contributed by atoms with van der Waals surface area (Å²) in [6.45, 7) is 4.10. The van der Waals surface area contributed by atoms with Gasteiger partial charge in [-0.05, 0) is 24.1 Å². The van der Waals surface area contributed by atoms with Crippen LogP contribution in [-0.2, 0) is 7.05 Å². The Morgan fingerprint density at radius 2 is 2.12 bits per heavy atom. The number of aryl methyl sites for hydroxylation is 1. The van der Waals surface area contributed by atoms with Crippen molar-refractivity contribution in [1.29, 1.82) is 0 Å². The molecule has 1 aromatic carbocycles. The zero-order valence-electron chi connectivity index (χ0n) is 9.56. The molecule has 0 atom stereocenters. The lowest BCUT2D eigenvalue weighted by Gasteiger charge is -2.00. The fraction of sp³-hybridized carbons (Fsp3) is 0.333. The summed E-state index contributed by atoms with van der Waals surface area (Å²) in [7, 11) is 1.87. The molecule has 0 bridgehead atoms. The van der Waals surface area contributed by atoms with Gasteiger partial charge in [0.1, 0.15) is 0 Å². The Labute approximate surface area is 93.5 Å². The van der Waals surface area contributed by atoms with Crippen LogP contribution in [0.4, 0.5) is 0 Å². The predicted molar refractivity (Wildman–Crippen MR) is 61.8 cm³/mol. The first-order chi connectivity index (χ1) is 7.50. The van der Waals surface area contributed by atoms with Crippen LogP contribution in [0, 0.1) is 0 Å². The van der Waals surface area contributed by atoms with Gasteiger partial charge in [0.05, 0.1) is 16.8 Å². The standard InChI is InChI=1S/C12H14N2O2/c1-7(2)11-9-6-8(12(15)16)4-5-10(9)14(3)13-11/h4-7H,1-3H3,(H,15,16). The minimum atomic E-state index is -0.902. The Balaban J connectivity index is 2.74. The van der Waals surface area contributed by atoms with Crippen LogP contribution < -0.4 is 0 Å². The lowest BCUT2D eigenvalue weighted by molar-refractivity contribution is 0.0697. The van der Waals surface area contributed by atoms with Crippen LogP contribution in [0.5, 0.6) is 0 Å². The van der Waals surface area contributed by atoms with Gasteiger partial charge in [0.2, 0.25) is 0 Å². The third-order valence-electron chi connectivity index (χ3n) is 2.67. The Morgan fingerprint density at radius 1 is 1.44 bits per heavy atom. The van der Waals surface area contributed by atoms with Crippen molar-refractivity contribution < 1.29 is 9.90 Å². The summed E-state index contributed by atoms with van der Waals surface area (Å²) in [5.41, 5.74) is 2.22. The number of hydrogen-bond acceptors (Lipinski definition) is 2. The Kier molecular flexibility index (Phi) is 2.42. The Morgan fingerprint density at radius 3 is 2.69 bits per heavy atom. The lowest BCUT2D eigenvalue weighted by Crippen LogP contribution is -1.96. The SMILES string of the molecule is CC(C)c1nn(C)c2ccc(C(=O)O)cc12. The van der Waals surface area contributed by atoms with E-state index >= 15 is 0 Å². The van der Waals surface area contributed by atoms with Crippen LogP contribution in [0.15, 0.2) is 18.2 Å². The highest BCUT2D eigenvalue weighted by molar-refractivity contribution is 5.94. The minimum absolute atomic E-state index is 0.285. The number of hydrogen-bond donors (Lipinski definition) is 1. The molecule has 0 saturated carbocycles. The van der Waals surface area contributed by atoms with Gasteiger partial charge in [-0.1, -0.05) is 13.8 Å². The molecule has 0 unspecified atom stereocenters. The highest BCUT2D eigenvalue weighted by Gasteiger charge is 2.13. The van der Waals surface area contributed by atoms with E-state index in [1.165, 1.54) is 0 Å². The normalized spacial score (nSPS) is 11.2. The average Bonchev–Trinajstić information content (AvgIpc) is 2.56. The number of rotatable bonds is 2. The summed E-state index contributed by atoms with van der Waals surface area (Å²) in [5.74, 6) is -0.617. The van der Waals surface area contributed by atoms with E-state index in [0.717, 1.165) is 16.6 Å². The Bertz CT molecular complexity index is 555. The first-order valence-electron chi connectivity index (χ1n) is 5.20. The van der Waals surface area contributed by atoms with E-state index < -0.39 is 5.97 Å². The molecule has 0 aliphatic carbocycles. The molecule has 4 nitrogen and oxygen atoms in total. The predicted octanol–water partition coefficient (Wildman–Crippen LogP) is 2.39. The van der Waals surface area contributed by atoms with E-state index in [1.807, 2.05) is 7.05 Å². The molecule has 1 aromatic heterocycles. The second-order valence-corrected chi connectivity index (χ2v) is 4.20. The molecule has 16 heavy (non-hydrogen) atoms. The molecular formula is C12H14N2O2. The molecule has 0 radical (unpaired) electrons. The largest absolute Gasteiger partial charge is 0.478 e. The molecule has 0 saturated heterocycles. The van der Waals surface area contributed by atoms with Crippen molar-refractivity contribution in [3.8, 4) is 0 Å². The summed E-state index contributed by atoms with van der Waals surface area (Å²) in [5, 5.41) is 14.3. The third kappa shape index (κ3) is 1.56. The fourth-order valence-corrected chi connectivity index (χ4v) is 1.85. The van der Waals surface area contributed by atoms with Crippen molar-refractivity contribution in [1.82, 2.24) is 9.78 Å². The van der Waals surface area contributed by atoms with Gasteiger partial charge in [-0.15, -0.1) is 0 Å². The van der Waals surface area contributed by atoms with Crippen molar-refractivity contribution in [2.45, 2.75) is 19.8 Å². The van der Waals surface area contributed by atoms with Gasteiger partial charge in [-0.2, -0.15) is 5.10 Å². The zero-order valence-corrected chi connectivity index (χ0v) is 9.56. The molecule has 0 spiro atoms. The van der Waals surface area contributed by atoms with Crippen molar-refractivity contribution in [3.05, 3.63) is 29.5 Å². The number of benzene rings is 1. The molecule has 1 N–H and O–H groups in total. The van der Waals surface area contributed by atoms with Crippen molar-refractivity contribution >= 4 is 16.9 Å². The number of nitrogens with zero attached hydrogens (tertiary/aromatic N) is 2. The van der Waals surface area contributed by atoms with Gasteiger partial charge in [0.25, 0.3) is 0 Å². The van der Waals surface area contributed by atoms with Gasteiger partial charge in [-0.3, -0.25) is 4.68 Å². The molecule has 2 aromatic rings. The van der Waals surface area contributed by atoms with E-state index in [0.29, 0.717) is 5.56 Å². The highest BCUT2D eigenvalue weighted by Crippen LogP contribution is 2.25. The summed E-state index contributed by atoms with van der Waals surface area (Å²) in [4.78, 5) is 10.9. The van der Waals surface area contributed by atoms with Crippen molar-refractivity contribution in [2.75, 3.05) is 0 Å². The minimum Gasteiger partial charge on any atom is -0.478 e. The van der Waals surface area contributed by atoms with Gasteiger partial charge in [-0.25, -0.2) is 4.79 Å². The quantitative estimate of drug-likeness (QED) is 0.842. The summed E-state index contributed by atoms with van der Waals surface area (Å²) in [6.07, 6.45) is 0. The van der Waals surface area contributed by atoms with E-state index in [1.54, 1.807) is 22.9 Å². The second kappa shape index (κ2) is 3.63. The van der Waals surface area contributed by atoms with Crippen LogP contribution in [0.2, 0.25) is 0 Å². The van der Waals surface area contributed by atoms with E-state index in [4.69, 9.17) is 5.11 Å². The summed E-state index contributed by atoms with van der Waals surface area (Å²) < 4.78 is 1.79. The number of carboxylic acid groups (broad SMARTS) is 1. The lowest BCUT2D eigenvalue weighted by atomic mass is 10.0. The molecule has 1 heterocycles. The maximum absolute atomic E-state index is 10.9. The first kappa shape index (κ1) is 10.7. The number of fused-ring (bicyclic) bond motifs is 1.